The van der Waals surface area contributed by atoms with Crippen molar-refractivity contribution in [2.45, 2.75) is 6.18 Å². The number of fused-ring (bicyclic) bond motifs is 2. The number of nitrogens with zero attached hydrogens (tertiary/aromatic N) is 4. The second-order valence-corrected chi connectivity index (χ2v) is 5.35. The molecule has 0 spiro atoms. The van der Waals surface area contributed by atoms with Gasteiger partial charge in [0.25, 0.3) is 5.82 Å². The molecule has 1 aromatic carbocycles. The smallest absolute Gasteiger partial charge is 0.353 e. The van der Waals surface area contributed by atoms with Crippen LogP contribution >= 0.6 is 11.3 Å². The standard InChI is InChI=1S/C12H6F3N5S/c13-12(14,15)10-17-18-11-20(10)19-9(21-11)8-5-6-3-1-2-4-7(6)16-8/h1-5,16H. The largest absolute Gasteiger partial charge is 0.453 e. The highest BCUT2D eigenvalue weighted by molar-refractivity contribution is 7.19. The Morgan fingerprint density at radius 3 is 2.71 bits per heavy atom. The molecule has 0 aliphatic carbocycles. The van der Waals surface area contributed by atoms with E-state index < -0.39 is 12.0 Å². The van der Waals surface area contributed by atoms with Gasteiger partial charge in [-0.25, -0.2) is 0 Å². The van der Waals surface area contributed by atoms with Crippen LogP contribution in [-0.2, 0) is 6.18 Å². The summed E-state index contributed by atoms with van der Waals surface area (Å²) in [7, 11) is 0. The van der Waals surface area contributed by atoms with Crippen LogP contribution in [0.25, 0.3) is 26.6 Å². The van der Waals surface area contributed by atoms with Crippen molar-refractivity contribution in [1.29, 1.82) is 0 Å². The molecule has 0 fully saturated rings. The molecule has 0 radical (unpaired) electrons. The fourth-order valence-electron chi connectivity index (χ4n) is 2.09. The summed E-state index contributed by atoms with van der Waals surface area (Å²) in [4.78, 5) is 3.23. The minimum atomic E-state index is -4.58. The van der Waals surface area contributed by atoms with Crippen molar-refractivity contribution in [1.82, 2.24) is 24.8 Å². The van der Waals surface area contributed by atoms with Gasteiger partial charge in [-0.15, -0.1) is 10.2 Å². The average molecular weight is 309 g/mol. The van der Waals surface area contributed by atoms with Crippen LogP contribution in [0.1, 0.15) is 5.82 Å². The average Bonchev–Trinajstić information content (AvgIpc) is 3.09. The SMILES string of the molecule is FC(F)(F)c1nnc2sc(-c3cc4ccccc4[nH]3)nn12. The van der Waals surface area contributed by atoms with Gasteiger partial charge in [0.05, 0.1) is 5.69 Å². The number of aromatic nitrogens is 5. The normalized spacial score (nSPS) is 12.5. The number of halogens is 3. The number of hydrogen-bond donors (Lipinski definition) is 1. The first-order valence-electron chi connectivity index (χ1n) is 5.90. The van der Waals surface area contributed by atoms with Gasteiger partial charge in [-0.1, -0.05) is 29.5 Å². The molecule has 0 unspecified atom stereocenters. The Morgan fingerprint density at radius 2 is 1.95 bits per heavy atom. The molecule has 106 valence electrons. The number of para-hydroxylation sites is 1. The molecule has 0 atom stereocenters. The maximum absolute atomic E-state index is 12.8. The maximum atomic E-state index is 12.8. The summed E-state index contributed by atoms with van der Waals surface area (Å²) in [5, 5.41) is 12.0. The first-order chi connectivity index (χ1) is 10.0. The minimum absolute atomic E-state index is 0.107. The summed E-state index contributed by atoms with van der Waals surface area (Å²) in [6, 6.07) is 9.41. The lowest BCUT2D eigenvalue weighted by molar-refractivity contribution is -0.146. The molecule has 0 saturated heterocycles. The van der Waals surface area contributed by atoms with Crippen LogP contribution < -0.4 is 0 Å². The highest BCUT2D eigenvalue weighted by atomic mass is 32.1. The van der Waals surface area contributed by atoms with Crippen molar-refractivity contribution in [2.24, 2.45) is 0 Å². The number of nitrogens with one attached hydrogen (secondary N) is 1. The van der Waals surface area contributed by atoms with E-state index in [2.05, 4.69) is 20.3 Å². The van der Waals surface area contributed by atoms with E-state index in [1.54, 1.807) is 0 Å². The Hall–Kier alpha value is -2.42. The van der Waals surface area contributed by atoms with Crippen molar-refractivity contribution in [3.63, 3.8) is 0 Å². The number of aromatic amines is 1. The van der Waals surface area contributed by atoms with E-state index in [1.165, 1.54) is 0 Å². The van der Waals surface area contributed by atoms with Gasteiger partial charge in [0, 0.05) is 10.9 Å². The molecule has 3 aromatic heterocycles. The van der Waals surface area contributed by atoms with E-state index in [-0.39, 0.29) is 4.96 Å². The molecule has 0 amide bonds. The van der Waals surface area contributed by atoms with Gasteiger partial charge in [-0.3, -0.25) is 0 Å². The first kappa shape index (κ1) is 12.3. The molecule has 4 rings (SSSR count). The van der Waals surface area contributed by atoms with Gasteiger partial charge in [-0.05, 0) is 12.1 Å². The second-order valence-electron chi connectivity index (χ2n) is 4.39. The predicted molar refractivity (Wildman–Crippen MR) is 71.0 cm³/mol. The monoisotopic (exact) mass is 309 g/mol. The Bertz CT molecular complexity index is 916. The molecule has 0 aliphatic heterocycles. The Morgan fingerprint density at radius 1 is 1.14 bits per heavy atom. The van der Waals surface area contributed by atoms with Crippen molar-refractivity contribution in [3.05, 3.63) is 36.2 Å². The van der Waals surface area contributed by atoms with Crippen LogP contribution in [0.5, 0.6) is 0 Å². The summed E-state index contributed by atoms with van der Waals surface area (Å²) in [5.41, 5.74) is 1.55. The molecule has 9 heteroatoms. The van der Waals surface area contributed by atoms with Crippen LogP contribution in [0.3, 0.4) is 0 Å². The summed E-state index contributed by atoms with van der Waals surface area (Å²) in [6.45, 7) is 0. The minimum Gasteiger partial charge on any atom is -0.353 e. The van der Waals surface area contributed by atoms with E-state index in [0.29, 0.717) is 10.7 Å². The van der Waals surface area contributed by atoms with Gasteiger partial charge in [0.15, 0.2) is 5.01 Å². The number of rotatable bonds is 1. The van der Waals surface area contributed by atoms with Crippen LogP contribution in [-0.4, -0.2) is 24.8 Å². The number of benzene rings is 1. The molecule has 1 N–H and O–H groups in total. The fourth-order valence-corrected chi connectivity index (χ4v) is 2.90. The third kappa shape index (κ3) is 1.88. The van der Waals surface area contributed by atoms with E-state index in [9.17, 15) is 13.2 Å². The lowest BCUT2D eigenvalue weighted by atomic mass is 10.2. The summed E-state index contributed by atoms with van der Waals surface area (Å²) >= 11 is 1.05. The summed E-state index contributed by atoms with van der Waals surface area (Å²) < 4.78 is 39.0. The molecule has 4 aromatic rings. The quantitative estimate of drug-likeness (QED) is 0.586. The fraction of sp³-hybridized carbons (Fsp3) is 0.0833. The van der Waals surface area contributed by atoms with E-state index in [4.69, 9.17) is 0 Å². The lowest BCUT2D eigenvalue weighted by Gasteiger charge is -1.99. The lowest BCUT2D eigenvalue weighted by Crippen LogP contribution is -2.11. The summed E-state index contributed by atoms with van der Waals surface area (Å²) in [5.74, 6) is -1.11. The van der Waals surface area contributed by atoms with Crippen molar-refractivity contribution in [2.75, 3.05) is 0 Å². The highest BCUT2D eigenvalue weighted by Gasteiger charge is 2.38. The molecule has 0 aliphatic rings. The summed E-state index contributed by atoms with van der Waals surface area (Å²) in [6.07, 6.45) is -4.58. The van der Waals surface area contributed by atoms with Crippen LogP contribution in [0.2, 0.25) is 0 Å². The predicted octanol–water partition coefficient (Wildman–Crippen LogP) is 3.35. The van der Waals surface area contributed by atoms with Gasteiger partial charge >= 0.3 is 6.18 Å². The Labute approximate surface area is 119 Å². The van der Waals surface area contributed by atoms with Crippen LogP contribution in [0.15, 0.2) is 30.3 Å². The second kappa shape index (κ2) is 4.04. The highest BCUT2D eigenvalue weighted by Crippen LogP contribution is 2.32. The zero-order valence-corrected chi connectivity index (χ0v) is 11.0. The van der Waals surface area contributed by atoms with E-state index in [1.807, 2.05) is 30.3 Å². The topological polar surface area (TPSA) is 58.9 Å². The molecule has 3 heterocycles. The number of alkyl halides is 3. The van der Waals surface area contributed by atoms with Crippen molar-refractivity contribution >= 4 is 27.2 Å². The van der Waals surface area contributed by atoms with Gasteiger partial charge < -0.3 is 4.98 Å². The number of H-pyrrole nitrogens is 1. The van der Waals surface area contributed by atoms with Crippen LogP contribution in [0.4, 0.5) is 13.2 Å². The van der Waals surface area contributed by atoms with Crippen molar-refractivity contribution < 1.29 is 13.2 Å². The Kier molecular flexibility index (Phi) is 2.37. The van der Waals surface area contributed by atoms with Gasteiger partial charge in [0.2, 0.25) is 4.96 Å². The Balaban J connectivity index is 1.89. The van der Waals surface area contributed by atoms with E-state index in [0.717, 1.165) is 26.8 Å². The molecular formula is C12H6F3N5S. The number of hydrogen-bond acceptors (Lipinski definition) is 4. The molecule has 0 bridgehead atoms. The molecule has 0 saturated carbocycles. The third-order valence-corrected chi connectivity index (χ3v) is 3.94. The van der Waals surface area contributed by atoms with E-state index >= 15 is 0 Å². The van der Waals surface area contributed by atoms with Crippen molar-refractivity contribution in [3.8, 4) is 10.7 Å². The zero-order chi connectivity index (χ0) is 14.6. The molecule has 21 heavy (non-hydrogen) atoms. The zero-order valence-electron chi connectivity index (χ0n) is 10.2. The first-order valence-corrected chi connectivity index (χ1v) is 6.71. The molecular weight excluding hydrogens is 303 g/mol. The maximum Gasteiger partial charge on any atom is 0.453 e. The van der Waals surface area contributed by atoms with Crippen LogP contribution in [0, 0.1) is 0 Å². The van der Waals surface area contributed by atoms with Gasteiger partial charge in [-0.2, -0.15) is 22.8 Å². The molecule has 5 nitrogen and oxygen atoms in total. The van der Waals surface area contributed by atoms with Gasteiger partial charge in [0.1, 0.15) is 0 Å². The third-order valence-electron chi connectivity index (χ3n) is 3.00.